The summed E-state index contributed by atoms with van der Waals surface area (Å²) in [7, 11) is 1.73. The van der Waals surface area contributed by atoms with Crippen LogP contribution < -0.4 is 4.90 Å². The van der Waals surface area contributed by atoms with Crippen LogP contribution in [-0.2, 0) is 5.41 Å². The van der Waals surface area contributed by atoms with Crippen LogP contribution in [0.4, 0.5) is 5.69 Å². The van der Waals surface area contributed by atoms with Crippen molar-refractivity contribution in [3.63, 3.8) is 0 Å². The number of carbonyl (C=O) groups is 1. The zero-order chi connectivity index (χ0) is 15.9. The minimum Gasteiger partial charge on any atom is -0.274 e. The standard InChI is InChI=1S/C18H17ClN2O/c1-18(2)14-6-4-5-7-15(14)21(17(18)20-3)16(22)12-8-10-13(19)11-9-12/h4-11H,1-3H3. The Morgan fingerprint density at radius 2 is 1.73 bits per heavy atom. The Labute approximate surface area is 135 Å². The van der Waals surface area contributed by atoms with Crippen LogP contribution in [0.1, 0.15) is 29.8 Å². The van der Waals surface area contributed by atoms with E-state index in [1.165, 1.54) is 0 Å². The molecule has 1 heterocycles. The van der Waals surface area contributed by atoms with Gasteiger partial charge in [-0.15, -0.1) is 0 Å². The number of hydrogen-bond acceptors (Lipinski definition) is 2. The van der Waals surface area contributed by atoms with Crippen molar-refractivity contribution >= 4 is 29.0 Å². The van der Waals surface area contributed by atoms with E-state index in [0.717, 1.165) is 17.1 Å². The number of nitrogens with zero attached hydrogens (tertiary/aromatic N) is 2. The first-order valence-corrected chi connectivity index (χ1v) is 7.51. The molecule has 0 aliphatic carbocycles. The predicted molar refractivity (Wildman–Crippen MR) is 91.1 cm³/mol. The second kappa shape index (κ2) is 5.25. The van der Waals surface area contributed by atoms with Crippen LogP contribution in [0, 0.1) is 0 Å². The second-order valence-electron chi connectivity index (χ2n) is 5.84. The number of amides is 1. The third-order valence-corrected chi connectivity index (χ3v) is 4.35. The number of para-hydroxylation sites is 1. The predicted octanol–water partition coefficient (Wildman–Crippen LogP) is 4.31. The fourth-order valence-corrected chi connectivity index (χ4v) is 3.14. The second-order valence-corrected chi connectivity index (χ2v) is 6.27. The quantitative estimate of drug-likeness (QED) is 0.772. The minimum atomic E-state index is -0.298. The van der Waals surface area contributed by atoms with Crippen LogP contribution in [0.2, 0.25) is 5.02 Å². The van der Waals surface area contributed by atoms with Gasteiger partial charge in [-0.2, -0.15) is 0 Å². The molecule has 0 N–H and O–H groups in total. The molecular weight excluding hydrogens is 296 g/mol. The Bertz CT molecular complexity index is 763. The Morgan fingerprint density at radius 1 is 1.09 bits per heavy atom. The summed E-state index contributed by atoms with van der Waals surface area (Å²) in [5.41, 5.74) is 2.30. The van der Waals surface area contributed by atoms with E-state index in [1.807, 2.05) is 18.2 Å². The van der Waals surface area contributed by atoms with E-state index in [-0.39, 0.29) is 11.3 Å². The molecular formula is C18H17ClN2O. The van der Waals surface area contributed by atoms with Crippen LogP contribution in [0.5, 0.6) is 0 Å². The number of amidine groups is 1. The summed E-state index contributed by atoms with van der Waals surface area (Å²) in [6.07, 6.45) is 0. The Kier molecular flexibility index (Phi) is 3.53. The molecule has 112 valence electrons. The van der Waals surface area contributed by atoms with Crippen LogP contribution in [0.15, 0.2) is 53.5 Å². The molecule has 0 aromatic heterocycles. The lowest BCUT2D eigenvalue weighted by molar-refractivity contribution is 0.100. The number of halogens is 1. The van der Waals surface area contributed by atoms with Gasteiger partial charge in [-0.25, -0.2) is 0 Å². The first-order chi connectivity index (χ1) is 10.5. The highest BCUT2D eigenvalue weighted by atomic mass is 35.5. The van der Waals surface area contributed by atoms with E-state index in [9.17, 15) is 4.79 Å². The van der Waals surface area contributed by atoms with Gasteiger partial charge in [0.15, 0.2) is 0 Å². The fourth-order valence-electron chi connectivity index (χ4n) is 3.02. The van der Waals surface area contributed by atoms with Crippen molar-refractivity contribution in [2.45, 2.75) is 19.3 Å². The normalized spacial score (nSPS) is 17.6. The van der Waals surface area contributed by atoms with Gasteiger partial charge in [0.2, 0.25) is 0 Å². The monoisotopic (exact) mass is 312 g/mol. The molecule has 0 bridgehead atoms. The van der Waals surface area contributed by atoms with Crippen molar-refractivity contribution in [1.29, 1.82) is 0 Å². The molecule has 0 saturated heterocycles. The summed E-state index contributed by atoms with van der Waals surface area (Å²) in [5.74, 6) is 0.670. The maximum atomic E-state index is 13.0. The van der Waals surface area contributed by atoms with E-state index in [4.69, 9.17) is 11.6 Å². The van der Waals surface area contributed by atoms with E-state index in [0.29, 0.717) is 10.6 Å². The number of rotatable bonds is 1. The van der Waals surface area contributed by atoms with Crippen LogP contribution in [0.3, 0.4) is 0 Å². The topological polar surface area (TPSA) is 32.7 Å². The van der Waals surface area contributed by atoms with Gasteiger partial charge >= 0.3 is 0 Å². The summed E-state index contributed by atoms with van der Waals surface area (Å²) in [6, 6.07) is 14.9. The highest BCUT2D eigenvalue weighted by molar-refractivity contribution is 6.31. The summed E-state index contributed by atoms with van der Waals surface area (Å²) >= 11 is 5.91. The van der Waals surface area contributed by atoms with Gasteiger partial charge < -0.3 is 0 Å². The highest BCUT2D eigenvalue weighted by Crippen LogP contribution is 2.42. The van der Waals surface area contributed by atoms with Gasteiger partial charge in [-0.1, -0.05) is 29.8 Å². The van der Waals surface area contributed by atoms with Gasteiger partial charge in [0.05, 0.1) is 5.69 Å². The molecule has 1 amide bonds. The molecule has 0 unspecified atom stereocenters. The van der Waals surface area contributed by atoms with Crippen molar-refractivity contribution in [3.8, 4) is 0 Å². The maximum absolute atomic E-state index is 13.0. The Balaban J connectivity index is 2.13. The number of hydrogen-bond donors (Lipinski definition) is 0. The van der Waals surface area contributed by atoms with Crippen molar-refractivity contribution < 1.29 is 4.79 Å². The first-order valence-electron chi connectivity index (χ1n) is 7.13. The molecule has 22 heavy (non-hydrogen) atoms. The van der Waals surface area contributed by atoms with E-state index in [2.05, 4.69) is 24.9 Å². The lowest BCUT2D eigenvalue weighted by atomic mass is 9.86. The molecule has 3 rings (SSSR count). The molecule has 0 spiro atoms. The summed E-state index contributed by atoms with van der Waals surface area (Å²) in [5, 5.41) is 0.614. The smallest absolute Gasteiger partial charge is 0.263 e. The van der Waals surface area contributed by atoms with Gasteiger partial charge in [0.1, 0.15) is 5.84 Å². The molecule has 4 heteroatoms. The van der Waals surface area contributed by atoms with Crippen molar-refractivity contribution in [1.82, 2.24) is 0 Å². The van der Waals surface area contributed by atoms with E-state index < -0.39 is 0 Å². The van der Waals surface area contributed by atoms with Crippen LogP contribution in [-0.4, -0.2) is 18.8 Å². The third-order valence-electron chi connectivity index (χ3n) is 4.10. The van der Waals surface area contributed by atoms with Crippen molar-refractivity contribution in [3.05, 3.63) is 64.7 Å². The number of benzene rings is 2. The highest BCUT2D eigenvalue weighted by Gasteiger charge is 2.44. The van der Waals surface area contributed by atoms with Crippen LogP contribution >= 0.6 is 11.6 Å². The van der Waals surface area contributed by atoms with Gasteiger partial charge in [0, 0.05) is 23.0 Å². The zero-order valence-electron chi connectivity index (χ0n) is 12.8. The zero-order valence-corrected chi connectivity index (χ0v) is 13.6. The molecule has 0 saturated carbocycles. The third kappa shape index (κ3) is 2.13. The minimum absolute atomic E-state index is 0.0877. The van der Waals surface area contributed by atoms with Gasteiger partial charge in [0.25, 0.3) is 5.91 Å². The van der Waals surface area contributed by atoms with Gasteiger partial charge in [-0.05, 0) is 49.7 Å². The summed E-state index contributed by atoms with van der Waals surface area (Å²) in [6.45, 7) is 4.17. The molecule has 2 aromatic rings. The number of carbonyl (C=O) groups excluding carboxylic acids is 1. The molecule has 3 nitrogen and oxygen atoms in total. The van der Waals surface area contributed by atoms with Crippen LogP contribution in [0.25, 0.3) is 0 Å². The molecule has 2 aromatic carbocycles. The van der Waals surface area contributed by atoms with E-state index >= 15 is 0 Å². The van der Waals surface area contributed by atoms with Gasteiger partial charge in [-0.3, -0.25) is 14.7 Å². The lowest BCUT2D eigenvalue weighted by Crippen LogP contribution is -2.40. The molecule has 0 radical (unpaired) electrons. The lowest BCUT2D eigenvalue weighted by Gasteiger charge is -2.23. The maximum Gasteiger partial charge on any atom is 0.263 e. The molecule has 1 aliphatic rings. The summed E-state index contributed by atoms with van der Waals surface area (Å²) < 4.78 is 0. The largest absolute Gasteiger partial charge is 0.274 e. The van der Waals surface area contributed by atoms with E-state index in [1.54, 1.807) is 36.2 Å². The number of anilines is 1. The first kappa shape index (κ1) is 14.8. The number of aliphatic imine (C=N–C) groups is 1. The SMILES string of the molecule is CN=C1N(C(=O)c2ccc(Cl)cc2)c2ccccc2C1(C)C. The number of fused-ring (bicyclic) bond motifs is 1. The Hall–Kier alpha value is -2.13. The van der Waals surface area contributed by atoms with Crippen molar-refractivity contribution in [2.24, 2.45) is 4.99 Å². The molecule has 1 aliphatic heterocycles. The van der Waals surface area contributed by atoms with Crippen molar-refractivity contribution in [2.75, 3.05) is 11.9 Å². The molecule has 0 fully saturated rings. The fraction of sp³-hybridized carbons (Fsp3) is 0.222. The molecule has 0 atom stereocenters. The average Bonchev–Trinajstić information content (AvgIpc) is 2.75. The summed E-state index contributed by atoms with van der Waals surface area (Å²) in [4.78, 5) is 19.1. The Morgan fingerprint density at radius 3 is 2.36 bits per heavy atom. The average molecular weight is 313 g/mol.